The van der Waals surface area contributed by atoms with E-state index in [2.05, 4.69) is 4.90 Å². The summed E-state index contributed by atoms with van der Waals surface area (Å²) in [5.41, 5.74) is -1.83. The number of aryl methyl sites for hydroxylation is 1. The highest BCUT2D eigenvalue weighted by atomic mass is 35.5. The first-order chi connectivity index (χ1) is 20.1. The van der Waals surface area contributed by atoms with Gasteiger partial charge in [0.05, 0.1) is 17.2 Å². The van der Waals surface area contributed by atoms with Crippen LogP contribution in [0.1, 0.15) is 59.5 Å². The third-order valence-corrected chi connectivity index (χ3v) is 8.85. The second-order valence-corrected chi connectivity index (χ2v) is 11.7. The molecule has 3 fully saturated rings. The van der Waals surface area contributed by atoms with Crippen LogP contribution >= 0.6 is 12.4 Å². The van der Waals surface area contributed by atoms with Gasteiger partial charge >= 0.3 is 18.4 Å². The van der Waals surface area contributed by atoms with Crippen molar-refractivity contribution in [2.24, 2.45) is 0 Å². The van der Waals surface area contributed by atoms with Crippen LogP contribution in [0.3, 0.4) is 0 Å². The van der Waals surface area contributed by atoms with Gasteiger partial charge in [-0.1, -0.05) is 6.07 Å². The molecule has 0 spiro atoms. The van der Waals surface area contributed by atoms with Crippen LogP contribution < -0.4 is 0 Å². The lowest BCUT2D eigenvalue weighted by Gasteiger charge is -2.48. The molecule has 0 radical (unpaired) electrons. The van der Waals surface area contributed by atoms with Crippen LogP contribution in [-0.4, -0.2) is 76.8 Å². The molecular weight excluding hydrogens is 617 g/mol. The summed E-state index contributed by atoms with van der Waals surface area (Å²) in [7, 11) is 1.34. The van der Waals surface area contributed by atoms with Crippen molar-refractivity contribution in [2.45, 2.75) is 69.6 Å². The molecule has 3 atom stereocenters. The number of benzene rings is 2. The number of carbonyl (C=O) groups is 2. The maximum Gasteiger partial charge on any atom is 0.416 e. The highest BCUT2D eigenvalue weighted by Gasteiger charge is 2.42. The molecule has 3 aliphatic heterocycles. The Hall–Kier alpha value is -3.06. The van der Waals surface area contributed by atoms with Crippen molar-refractivity contribution >= 4 is 24.3 Å². The third-order valence-electron chi connectivity index (χ3n) is 8.85. The standard InChI is InChI=1S/C30H33F7N4O2.ClH/c1-18-11-22(31)3-5-25(18)26-15-23(39-9-10-40-24(17-39)4-6-27(40)42)7-8-41(26)28(43)38(2)16-19-12-20(29(32,33)34)14-21(13-19)30(35,36)37;/h3,5,11-14,23-24,26H,4,6-10,15-17H2,1-2H3;1H/t23-,24-,26-;/m1./s1. The molecule has 242 valence electrons. The van der Waals surface area contributed by atoms with Crippen LogP contribution in [0.25, 0.3) is 0 Å². The average Bonchev–Trinajstić information content (AvgIpc) is 3.31. The quantitative estimate of drug-likeness (QED) is 0.348. The SMILES string of the molecule is Cc1cc(F)ccc1[C@H]1C[C@H](N2CCN3C(=O)CC[C@@H]3C2)CCN1C(=O)N(C)Cc1cc(C(F)(F)F)cc(C(F)(F)F)c1.Cl. The van der Waals surface area contributed by atoms with E-state index in [4.69, 9.17) is 0 Å². The monoisotopic (exact) mass is 650 g/mol. The third kappa shape index (κ3) is 7.09. The van der Waals surface area contributed by atoms with Gasteiger partial charge in [-0.15, -0.1) is 12.4 Å². The molecule has 2 aromatic carbocycles. The predicted molar refractivity (Wildman–Crippen MR) is 150 cm³/mol. The minimum Gasteiger partial charge on any atom is -0.337 e. The summed E-state index contributed by atoms with van der Waals surface area (Å²) >= 11 is 0. The van der Waals surface area contributed by atoms with E-state index in [0.717, 1.165) is 23.4 Å². The number of piperazine rings is 1. The lowest BCUT2D eigenvalue weighted by atomic mass is 9.88. The zero-order chi connectivity index (χ0) is 31.3. The van der Waals surface area contributed by atoms with Gasteiger partial charge in [0.2, 0.25) is 5.91 Å². The summed E-state index contributed by atoms with van der Waals surface area (Å²) in [5.74, 6) is -0.272. The largest absolute Gasteiger partial charge is 0.416 e. The van der Waals surface area contributed by atoms with Crippen LogP contribution in [0.2, 0.25) is 0 Å². The first-order valence-electron chi connectivity index (χ1n) is 14.2. The molecule has 14 heteroatoms. The number of fused-ring (bicyclic) bond motifs is 1. The van der Waals surface area contributed by atoms with Gasteiger partial charge in [0, 0.05) is 58.3 Å². The molecular formula is C30H34ClF7N4O2. The molecule has 0 aliphatic carbocycles. The van der Waals surface area contributed by atoms with E-state index in [1.807, 2.05) is 4.90 Å². The summed E-state index contributed by atoms with van der Waals surface area (Å²) in [6, 6.07) is 4.78. The highest BCUT2D eigenvalue weighted by Crippen LogP contribution is 2.39. The number of carbonyl (C=O) groups excluding carboxylic acids is 2. The molecule has 0 saturated carbocycles. The lowest BCUT2D eigenvalue weighted by Crippen LogP contribution is -2.57. The molecule has 3 aliphatic rings. The first-order valence-corrected chi connectivity index (χ1v) is 14.2. The molecule has 0 aromatic heterocycles. The molecule has 3 heterocycles. The van der Waals surface area contributed by atoms with Gasteiger partial charge < -0.3 is 14.7 Å². The molecule has 0 unspecified atom stereocenters. The number of likely N-dealkylation sites (tertiary alicyclic amines) is 1. The minimum atomic E-state index is -5.00. The molecule has 3 amide bonds. The van der Waals surface area contributed by atoms with Crippen molar-refractivity contribution in [2.75, 3.05) is 33.2 Å². The molecule has 5 rings (SSSR count). The molecule has 2 aromatic rings. The van der Waals surface area contributed by atoms with Crippen LogP contribution in [0.4, 0.5) is 35.5 Å². The zero-order valence-corrected chi connectivity index (χ0v) is 25.0. The van der Waals surface area contributed by atoms with Gasteiger partial charge in [0.25, 0.3) is 0 Å². The fraction of sp³-hybridized carbons (Fsp3) is 0.533. The summed E-state index contributed by atoms with van der Waals surface area (Å²) in [5, 5.41) is 0. The van der Waals surface area contributed by atoms with Gasteiger partial charge in [-0.05, 0) is 73.2 Å². The molecule has 44 heavy (non-hydrogen) atoms. The second kappa shape index (κ2) is 12.7. The normalized spacial score (nSPS) is 22.9. The Balaban J connectivity index is 0.00000442. The van der Waals surface area contributed by atoms with Crippen molar-refractivity contribution in [3.05, 3.63) is 70.0 Å². The maximum absolute atomic E-state index is 14.0. The zero-order valence-electron chi connectivity index (χ0n) is 24.2. The van der Waals surface area contributed by atoms with E-state index in [1.165, 1.54) is 19.2 Å². The first kappa shape index (κ1) is 33.8. The van der Waals surface area contributed by atoms with Crippen molar-refractivity contribution in [1.82, 2.24) is 19.6 Å². The lowest BCUT2D eigenvalue weighted by molar-refractivity contribution is -0.143. The number of nitrogens with zero attached hydrogens (tertiary/aromatic N) is 4. The molecule has 6 nitrogen and oxygen atoms in total. The van der Waals surface area contributed by atoms with E-state index < -0.39 is 47.9 Å². The Morgan fingerprint density at radius 3 is 2.20 bits per heavy atom. The smallest absolute Gasteiger partial charge is 0.337 e. The number of piperidine rings is 1. The minimum absolute atomic E-state index is 0. The van der Waals surface area contributed by atoms with Crippen LogP contribution in [0, 0.1) is 12.7 Å². The number of alkyl halides is 6. The summed E-state index contributed by atoms with van der Waals surface area (Å²) in [6.07, 6.45) is -7.56. The van der Waals surface area contributed by atoms with Gasteiger partial charge in [-0.25, -0.2) is 9.18 Å². The van der Waals surface area contributed by atoms with E-state index in [0.29, 0.717) is 50.0 Å². The number of hydrogen-bond acceptors (Lipinski definition) is 3. The van der Waals surface area contributed by atoms with Crippen molar-refractivity contribution in [3.63, 3.8) is 0 Å². The fourth-order valence-corrected chi connectivity index (χ4v) is 6.71. The average molecular weight is 651 g/mol. The van der Waals surface area contributed by atoms with Gasteiger partial charge in [0.1, 0.15) is 5.82 Å². The van der Waals surface area contributed by atoms with Gasteiger partial charge in [0.15, 0.2) is 0 Å². The molecule has 0 bridgehead atoms. The Bertz CT molecular complexity index is 1350. The molecule has 3 saturated heterocycles. The van der Waals surface area contributed by atoms with E-state index in [1.54, 1.807) is 17.9 Å². The summed E-state index contributed by atoms with van der Waals surface area (Å²) in [4.78, 5) is 32.9. The van der Waals surface area contributed by atoms with Gasteiger partial charge in [-0.3, -0.25) is 9.69 Å². The number of amides is 3. The number of rotatable bonds is 4. The summed E-state index contributed by atoms with van der Waals surface area (Å²) < 4.78 is 94.4. The number of halogens is 8. The highest BCUT2D eigenvalue weighted by molar-refractivity contribution is 5.85. The van der Waals surface area contributed by atoms with E-state index >= 15 is 0 Å². The van der Waals surface area contributed by atoms with E-state index in [-0.39, 0.29) is 48.6 Å². The van der Waals surface area contributed by atoms with Gasteiger partial charge in [-0.2, -0.15) is 26.3 Å². The fourth-order valence-electron chi connectivity index (χ4n) is 6.71. The van der Waals surface area contributed by atoms with Crippen molar-refractivity contribution in [3.8, 4) is 0 Å². The summed E-state index contributed by atoms with van der Waals surface area (Å²) in [6.45, 7) is 3.58. The van der Waals surface area contributed by atoms with Crippen LogP contribution in [0.5, 0.6) is 0 Å². The maximum atomic E-state index is 14.0. The second-order valence-electron chi connectivity index (χ2n) is 11.7. The van der Waals surface area contributed by atoms with E-state index in [9.17, 15) is 40.3 Å². The number of urea groups is 1. The Morgan fingerprint density at radius 2 is 1.59 bits per heavy atom. The molecule has 0 N–H and O–H groups in total. The Labute approximate surface area is 257 Å². The Morgan fingerprint density at radius 1 is 0.932 bits per heavy atom. The topological polar surface area (TPSA) is 47.1 Å². The number of hydrogen-bond donors (Lipinski definition) is 0. The Kier molecular flexibility index (Phi) is 9.80. The van der Waals surface area contributed by atoms with Crippen LogP contribution in [-0.2, 0) is 23.7 Å². The van der Waals surface area contributed by atoms with Crippen molar-refractivity contribution < 1.29 is 40.3 Å². The predicted octanol–water partition coefficient (Wildman–Crippen LogP) is 6.66. The van der Waals surface area contributed by atoms with Crippen LogP contribution in [0.15, 0.2) is 36.4 Å². The van der Waals surface area contributed by atoms with Crippen molar-refractivity contribution in [1.29, 1.82) is 0 Å².